The van der Waals surface area contributed by atoms with E-state index < -0.39 is 0 Å². The Morgan fingerprint density at radius 2 is 0.743 bits per heavy atom. The van der Waals surface area contributed by atoms with Crippen LogP contribution in [0.5, 0.6) is 0 Å². The number of hydrogen-bond acceptors (Lipinski definition) is 0. The molecule has 1 nitrogen and oxygen atoms in total. The van der Waals surface area contributed by atoms with Gasteiger partial charge in [-0.05, 0) is 25.7 Å². The highest BCUT2D eigenvalue weighted by Gasteiger charge is 2.21. The van der Waals surface area contributed by atoms with Crippen molar-refractivity contribution >= 4 is 0 Å². The molecule has 1 rings (SSSR count). The zero-order chi connectivity index (χ0) is 25.3. The first-order chi connectivity index (χ1) is 17.2. The maximum Gasteiger partial charge on any atom is 0.104 e. The Hall–Kier alpha value is -0.820. The van der Waals surface area contributed by atoms with E-state index in [1.165, 1.54) is 171 Å². The van der Waals surface area contributed by atoms with Crippen molar-refractivity contribution in [1.82, 2.24) is 0 Å². The van der Waals surface area contributed by atoms with E-state index in [2.05, 4.69) is 51.2 Å². The van der Waals surface area contributed by atoms with Crippen molar-refractivity contribution in [3.8, 4) is 0 Å². The highest BCUT2D eigenvalue weighted by Crippen LogP contribution is 2.18. The standard InChI is InChI=1S/C34H64N/c1-4-6-8-10-12-14-16-18-20-22-27-31-35(3,33-34-29-25-24-26-30-34)32-28-23-21-19-17-15-13-11-9-7-5-2/h24-26,29-30H,4-23,27-28,31-33H2,1-3H3/q+1. The SMILES string of the molecule is CCCCCCCCCCCCC[N+](C)(CCCCCCCCCCCCC)Cc1ccccc1. The second-order valence-corrected chi connectivity index (χ2v) is 11.8. The molecule has 0 atom stereocenters. The molecule has 0 bridgehead atoms. The molecule has 0 saturated carbocycles. The van der Waals surface area contributed by atoms with Crippen LogP contribution < -0.4 is 0 Å². The normalized spacial score (nSPS) is 11.9. The van der Waals surface area contributed by atoms with Crippen molar-refractivity contribution < 1.29 is 4.48 Å². The second kappa shape index (κ2) is 23.6. The van der Waals surface area contributed by atoms with E-state index in [-0.39, 0.29) is 0 Å². The third-order valence-electron chi connectivity index (χ3n) is 8.01. The van der Waals surface area contributed by atoms with Gasteiger partial charge in [-0.1, -0.05) is 160 Å². The van der Waals surface area contributed by atoms with Crippen LogP contribution in [0.15, 0.2) is 30.3 Å². The minimum atomic E-state index is 1.20. The highest BCUT2D eigenvalue weighted by atomic mass is 15.3. The fourth-order valence-electron chi connectivity index (χ4n) is 5.61. The molecule has 0 spiro atoms. The van der Waals surface area contributed by atoms with Crippen LogP contribution in [0.3, 0.4) is 0 Å². The van der Waals surface area contributed by atoms with Crippen LogP contribution in [0.4, 0.5) is 0 Å². The summed E-state index contributed by atoms with van der Waals surface area (Å²) in [5.41, 5.74) is 1.51. The molecule has 1 heteroatoms. The quantitative estimate of drug-likeness (QED) is 0.0901. The first-order valence-electron chi connectivity index (χ1n) is 16.1. The van der Waals surface area contributed by atoms with Crippen molar-refractivity contribution in [3.63, 3.8) is 0 Å². The molecule has 0 saturated heterocycles. The number of nitrogens with zero attached hydrogens (tertiary/aromatic N) is 1. The molecule has 0 aliphatic rings. The summed E-state index contributed by atoms with van der Waals surface area (Å²) in [5, 5.41) is 0. The minimum absolute atomic E-state index is 1.20. The largest absolute Gasteiger partial charge is 0.322 e. The molecule has 0 aliphatic carbocycles. The fraction of sp³-hybridized carbons (Fsp3) is 0.824. The van der Waals surface area contributed by atoms with Crippen molar-refractivity contribution in [2.24, 2.45) is 0 Å². The van der Waals surface area contributed by atoms with E-state index in [0.29, 0.717) is 0 Å². The summed E-state index contributed by atoms with van der Waals surface area (Å²) in [6, 6.07) is 11.2. The van der Waals surface area contributed by atoms with Crippen LogP contribution in [-0.4, -0.2) is 24.6 Å². The van der Waals surface area contributed by atoms with Crippen molar-refractivity contribution in [2.75, 3.05) is 20.1 Å². The summed E-state index contributed by atoms with van der Waals surface area (Å²) in [6.07, 6.45) is 31.6. The molecule has 0 heterocycles. The molecule has 35 heavy (non-hydrogen) atoms. The Bertz CT molecular complexity index is 511. The van der Waals surface area contributed by atoms with E-state index in [1.54, 1.807) is 0 Å². The zero-order valence-electron chi connectivity index (χ0n) is 24.5. The van der Waals surface area contributed by atoms with E-state index in [0.717, 1.165) is 0 Å². The van der Waals surface area contributed by atoms with Gasteiger partial charge in [0.15, 0.2) is 0 Å². The van der Waals surface area contributed by atoms with Crippen molar-refractivity contribution in [3.05, 3.63) is 35.9 Å². The van der Waals surface area contributed by atoms with Gasteiger partial charge in [0, 0.05) is 5.56 Å². The number of benzene rings is 1. The van der Waals surface area contributed by atoms with E-state index in [9.17, 15) is 0 Å². The number of quaternary nitrogens is 1. The van der Waals surface area contributed by atoms with Gasteiger partial charge in [-0.3, -0.25) is 0 Å². The third kappa shape index (κ3) is 20.0. The lowest BCUT2D eigenvalue weighted by atomic mass is 10.0. The van der Waals surface area contributed by atoms with Crippen LogP contribution in [-0.2, 0) is 6.54 Å². The molecule has 0 radical (unpaired) electrons. The van der Waals surface area contributed by atoms with Crippen LogP contribution in [0, 0.1) is 0 Å². The summed E-state index contributed by atoms with van der Waals surface area (Å²) < 4.78 is 1.23. The Labute approximate surface area is 222 Å². The molecule has 204 valence electrons. The fourth-order valence-corrected chi connectivity index (χ4v) is 5.61. The Morgan fingerprint density at radius 3 is 1.09 bits per heavy atom. The van der Waals surface area contributed by atoms with Crippen LogP contribution >= 0.6 is 0 Å². The highest BCUT2D eigenvalue weighted by molar-refractivity contribution is 5.13. The molecule has 0 fully saturated rings. The molecule has 0 aliphatic heterocycles. The number of unbranched alkanes of at least 4 members (excludes halogenated alkanes) is 20. The lowest BCUT2D eigenvalue weighted by Crippen LogP contribution is -2.44. The molecule has 0 N–H and O–H groups in total. The Balaban J connectivity index is 2.18. The molecule has 0 unspecified atom stereocenters. The molecular weight excluding hydrogens is 422 g/mol. The van der Waals surface area contributed by atoms with Gasteiger partial charge in [0.25, 0.3) is 0 Å². The maximum absolute atomic E-state index is 2.53. The summed E-state index contributed by atoms with van der Waals surface area (Å²) in [6.45, 7) is 8.52. The molecule has 1 aromatic carbocycles. The second-order valence-electron chi connectivity index (χ2n) is 11.8. The third-order valence-corrected chi connectivity index (χ3v) is 8.01. The van der Waals surface area contributed by atoms with Gasteiger partial charge >= 0.3 is 0 Å². The van der Waals surface area contributed by atoms with Gasteiger partial charge in [0.1, 0.15) is 6.54 Å². The lowest BCUT2D eigenvalue weighted by molar-refractivity contribution is -0.923. The Kier molecular flexibility index (Phi) is 21.7. The first-order valence-corrected chi connectivity index (χ1v) is 16.1. The average molecular weight is 487 g/mol. The predicted octanol–water partition coefficient (Wildman–Crippen LogP) is 11.3. The van der Waals surface area contributed by atoms with Gasteiger partial charge < -0.3 is 4.48 Å². The van der Waals surface area contributed by atoms with Crippen LogP contribution in [0.1, 0.15) is 161 Å². The van der Waals surface area contributed by atoms with Crippen molar-refractivity contribution in [2.45, 2.75) is 162 Å². The van der Waals surface area contributed by atoms with Gasteiger partial charge in [0.2, 0.25) is 0 Å². The minimum Gasteiger partial charge on any atom is -0.322 e. The summed E-state index contributed by atoms with van der Waals surface area (Å²) >= 11 is 0. The first kappa shape index (κ1) is 32.2. The molecule has 1 aromatic rings. The zero-order valence-corrected chi connectivity index (χ0v) is 24.5. The van der Waals surface area contributed by atoms with Crippen molar-refractivity contribution in [1.29, 1.82) is 0 Å². The molecular formula is C34H64N+. The molecule has 0 amide bonds. The summed E-state index contributed by atoms with van der Waals surface area (Å²) in [5.74, 6) is 0. The number of rotatable bonds is 26. The predicted molar refractivity (Wildman–Crippen MR) is 159 cm³/mol. The van der Waals surface area contributed by atoms with Gasteiger partial charge in [0.05, 0.1) is 20.1 Å². The Morgan fingerprint density at radius 1 is 0.429 bits per heavy atom. The van der Waals surface area contributed by atoms with E-state index in [1.807, 2.05) is 0 Å². The number of hydrogen-bond donors (Lipinski definition) is 0. The summed E-state index contributed by atoms with van der Waals surface area (Å²) in [4.78, 5) is 0. The van der Waals surface area contributed by atoms with Gasteiger partial charge in [-0.25, -0.2) is 0 Å². The molecule has 0 aromatic heterocycles. The monoisotopic (exact) mass is 487 g/mol. The maximum atomic E-state index is 2.53. The summed E-state index contributed by atoms with van der Waals surface area (Å²) in [7, 11) is 2.53. The topological polar surface area (TPSA) is 0 Å². The van der Waals surface area contributed by atoms with Gasteiger partial charge in [-0.15, -0.1) is 0 Å². The lowest BCUT2D eigenvalue weighted by Gasteiger charge is -2.35. The van der Waals surface area contributed by atoms with E-state index in [4.69, 9.17) is 0 Å². The average Bonchev–Trinajstić information content (AvgIpc) is 2.86. The smallest absolute Gasteiger partial charge is 0.104 e. The van der Waals surface area contributed by atoms with E-state index >= 15 is 0 Å². The van der Waals surface area contributed by atoms with Crippen LogP contribution in [0.2, 0.25) is 0 Å². The van der Waals surface area contributed by atoms with Crippen LogP contribution in [0.25, 0.3) is 0 Å². The van der Waals surface area contributed by atoms with Gasteiger partial charge in [-0.2, -0.15) is 0 Å².